The van der Waals surface area contributed by atoms with Crippen LogP contribution in [0.4, 0.5) is 0 Å². The number of aromatic nitrogens is 1. The van der Waals surface area contributed by atoms with E-state index in [0.717, 1.165) is 32.4 Å². The quantitative estimate of drug-likeness (QED) is 0.874. The van der Waals surface area contributed by atoms with E-state index in [0.29, 0.717) is 6.54 Å². The second-order valence-corrected chi connectivity index (χ2v) is 6.14. The van der Waals surface area contributed by atoms with E-state index in [1.54, 1.807) is 0 Å². The van der Waals surface area contributed by atoms with E-state index in [9.17, 15) is 4.79 Å². The minimum Gasteiger partial charge on any atom is -0.368 e. The van der Waals surface area contributed by atoms with Crippen molar-refractivity contribution < 1.29 is 9.53 Å². The van der Waals surface area contributed by atoms with E-state index in [4.69, 9.17) is 4.74 Å². The molecule has 1 unspecified atom stereocenters. The monoisotopic (exact) mass is 284 g/mol. The van der Waals surface area contributed by atoms with Gasteiger partial charge in [0.05, 0.1) is 0 Å². The SMILES string of the molecule is Cc1ccc2[nH]c3c(c2c1)CN(C(=O)C1CCCO1)CC3. The van der Waals surface area contributed by atoms with Gasteiger partial charge in [-0.05, 0) is 31.9 Å². The van der Waals surface area contributed by atoms with Crippen LogP contribution in [0, 0.1) is 6.92 Å². The van der Waals surface area contributed by atoms with Crippen LogP contribution >= 0.6 is 0 Å². The van der Waals surface area contributed by atoms with Crippen molar-refractivity contribution in [3.05, 3.63) is 35.0 Å². The molecule has 2 aliphatic heterocycles. The normalized spacial score (nSPS) is 21.8. The Labute approximate surface area is 124 Å². The van der Waals surface area contributed by atoms with Crippen LogP contribution in [-0.4, -0.2) is 35.0 Å². The maximum atomic E-state index is 12.5. The second-order valence-electron chi connectivity index (χ2n) is 6.14. The number of carbonyl (C=O) groups is 1. The lowest BCUT2D eigenvalue weighted by atomic mass is 10.0. The first kappa shape index (κ1) is 12.9. The molecule has 0 radical (unpaired) electrons. The minimum absolute atomic E-state index is 0.167. The third kappa shape index (κ3) is 2.14. The Balaban J connectivity index is 1.65. The first-order valence-electron chi connectivity index (χ1n) is 7.73. The smallest absolute Gasteiger partial charge is 0.252 e. The maximum absolute atomic E-state index is 12.5. The van der Waals surface area contributed by atoms with Crippen molar-refractivity contribution in [1.82, 2.24) is 9.88 Å². The van der Waals surface area contributed by atoms with E-state index < -0.39 is 0 Å². The zero-order valence-corrected chi connectivity index (χ0v) is 12.3. The fraction of sp³-hybridized carbons (Fsp3) is 0.471. The third-order valence-corrected chi connectivity index (χ3v) is 4.65. The molecule has 0 saturated carbocycles. The molecule has 2 aromatic rings. The Hall–Kier alpha value is -1.81. The van der Waals surface area contributed by atoms with E-state index >= 15 is 0 Å². The van der Waals surface area contributed by atoms with Crippen LogP contribution in [0.2, 0.25) is 0 Å². The van der Waals surface area contributed by atoms with Gasteiger partial charge in [-0.2, -0.15) is 0 Å². The molecule has 0 spiro atoms. The fourth-order valence-corrected chi connectivity index (χ4v) is 3.49. The standard InChI is InChI=1S/C17H20N2O2/c1-11-4-5-14-12(9-11)13-10-19(7-6-15(13)18-14)17(20)16-3-2-8-21-16/h4-5,9,16,18H,2-3,6-8,10H2,1H3. The third-order valence-electron chi connectivity index (χ3n) is 4.65. The first-order valence-corrected chi connectivity index (χ1v) is 7.73. The van der Waals surface area contributed by atoms with Crippen molar-refractivity contribution in [2.24, 2.45) is 0 Å². The molecule has 4 rings (SSSR count). The number of nitrogens with one attached hydrogen (secondary N) is 1. The number of fused-ring (bicyclic) bond motifs is 3. The molecule has 1 N–H and O–H groups in total. The van der Waals surface area contributed by atoms with Crippen LogP contribution < -0.4 is 0 Å². The number of ether oxygens (including phenoxy) is 1. The van der Waals surface area contributed by atoms with Crippen molar-refractivity contribution in [3.8, 4) is 0 Å². The Bertz CT molecular complexity index is 698. The molecule has 0 aliphatic carbocycles. The Kier molecular flexibility index (Phi) is 3.00. The van der Waals surface area contributed by atoms with E-state index in [-0.39, 0.29) is 12.0 Å². The average molecular weight is 284 g/mol. The summed E-state index contributed by atoms with van der Waals surface area (Å²) in [5, 5.41) is 1.26. The molecule has 1 aromatic heterocycles. The molecule has 21 heavy (non-hydrogen) atoms. The van der Waals surface area contributed by atoms with Crippen molar-refractivity contribution in [3.63, 3.8) is 0 Å². The second kappa shape index (κ2) is 4.88. The molecule has 0 bridgehead atoms. The van der Waals surface area contributed by atoms with Crippen LogP contribution in [0.5, 0.6) is 0 Å². The van der Waals surface area contributed by atoms with Gasteiger partial charge in [0.25, 0.3) is 5.91 Å². The molecule has 4 heteroatoms. The lowest BCUT2D eigenvalue weighted by molar-refractivity contribution is -0.141. The summed E-state index contributed by atoms with van der Waals surface area (Å²) in [7, 11) is 0. The summed E-state index contributed by atoms with van der Waals surface area (Å²) in [6.07, 6.45) is 2.57. The molecular weight excluding hydrogens is 264 g/mol. The number of benzene rings is 1. The number of rotatable bonds is 1. The molecule has 110 valence electrons. The van der Waals surface area contributed by atoms with Gasteiger partial charge < -0.3 is 14.6 Å². The van der Waals surface area contributed by atoms with Crippen molar-refractivity contribution in [2.45, 2.75) is 38.8 Å². The summed E-state index contributed by atoms with van der Waals surface area (Å²) in [5.74, 6) is 0.167. The molecule has 3 heterocycles. The maximum Gasteiger partial charge on any atom is 0.252 e. The van der Waals surface area contributed by atoms with Crippen LogP contribution in [0.3, 0.4) is 0 Å². The van der Waals surface area contributed by atoms with Gasteiger partial charge in [0.15, 0.2) is 0 Å². The molecule has 4 nitrogen and oxygen atoms in total. The van der Waals surface area contributed by atoms with Gasteiger partial charge in [0.2, 0.25) is 0 Å². The summed E-state index contributed by atoms with van der Waals surface area (Å²) in [6.45, 7) is 4.33. The lowest BCUT2D eigenvalue weighted by Crippen LogP contribution is -2.41. The minimum atomic E-state index is -0.210. The molecule has 1 fully saturated rings. The van der Waals surface area contributed by atoms with Crippen LogP contribution in [0.15, 0.2) is 18.2 Å². The topological polar surface area (TPSA) is 45.3 Å². The highest BCUT2D eigenvalue weighted by molar-refractivity contribution is 5.87. The molecule has 1 saturated heterocycles. The summed E-state index contributed by atoms with van der Waals surface area (Å²) in [4.78, 5) is 18.0. The Morgan fingerprint density at radius 1 is 1.43 bits per heavy atom. The van der Waals surface area contributed by atoms with Gasteiger partial charge in [-0.15, -0.1) is 0 Å². The van der Waals surface area contributed by atoms with Crippen LogP contribution in [0.1, 0.15) is 29.7 Å². The number of aromatic amines is 1. The summed E-state index contributed by atoms with van der Waals surface area (Å²) in [5.41, 5.74) is 5.00. The highest BCUT2D eigenvalue weighted by Gasteiger charge is 2.31. The molecule has 2 aliphatic rings. The zero-order valence-electron chi connectivity index (χ0n) is 12.3. The van der Waals surface area contributed by atoms with Crippen molar-refractivity contribution >= 4 is 16.8 Å². The highest BCUT2D eigenvalue weighted by atomic mass is 16.5. The van der Waals surface area contributed by atoms with Gasteiger partial charge in [-0.3, -0.25) is 4.79 Å². The number of nitrogens with zero attached hydrogens (tertiary/aromatic N) is 1. The largest absolute Gasteiger partial charge is 0.368 e. The van der Waals surface area contributed by atoms with Gasteiger partial charge in [0, 0.05) is 48.3 Å². The molecule has 1 atom stereocenters. The predicted octanol–water partition coefficient (Wildman–Crippen LogP) is 2.54. The predicted molar refractivity (Wildman–Crippen MR) is 81.1 cm³/mol. The molecule has 1 amide bonds. The number of carbonyl (C=O) groups excluding carboxylic acids is 1. The number of hydrogen-bond acceptors (Lipinski definition) is 2. The lowest BCUT2D eigenvalue weighted by Gasteiger charge is -2.29. The van der Waals surface area contributed by atoms with Crippen molar-refractivity contribution in [2.75, 3.05) is 13.2 Å². The number of aryl methyl sites for hydroxylation is 1. The fourth-order valence-electron chi connectivity index (χ4n) is 3.49. The van der Waals surface area contributed by atoms with Gasteiger partial charge in [0.1, 0.15) is 6.10 Å². The van der Waals surface area contributed by atoms with E-state index in [1.165, 1.54) is 27.7 Å². The number of H-pyrrole nitrogens is 1. The van der Waals surface area contributed by atoms with Crippen molar-refractivity contribution in [1.29, 1.82) is 0 Å². The van der Waals surface area contributed by atoms with Gasteiger partial charge in [-0.25, -0.2) is 0 Å². The zero-order chi connectivity index (χ0) is 14.4. The Morgan fingerprint density at radius 3 is 3.14 bits per heavy atom. The first-order chi connectivity index (χ1) is 10.2. The summed E-state index contributed by atoms with van der Waals surface area (Å²) in [6, 6.07) is 6.47. The van der Waals surface area contributed by atoms with Crippen LogP contribution in [-0.2, 0) is 22.5 Å². The molecular formula is C17H20N2O2. The summed E-state index contributed by atoms with van der Waals surface area (Å²) >= 11 is 0. The molecule has 1 aromatic carbocycles. The van der Waals surface area contributed by atoms with Gasteiger partial charge in [-0.1, -0.05) is 11.6 Å². The van der Waals surface area contributed by atoms with E-state index in [2.05, 4.69) is 30.1 Å². The van der Waals surface area contributed by atoms with Crippen LogP contribution in [0.25, 0.3) is 10.9 Å². The number of hydrogen-bond donors (Lipinski definition) is 1. The average Bonchev–Trinajstić information content (AvgIpc) is 3.13. The highest BCUT2D eigenvalue weighted by Crippen LogP contribution is 2.29. The summed E-state index contributed by atoms with van der Waals surface area (Å²) < 4.78 is 5.54. The van der Waals surface area contributed by atoms with E-state index in [1.807, 2.05) is 4.90 Å². The Morgan fingerprint density at radius 2 is 2.33 bits per heavy atom. The number of amides is 1. The van der Waals surface area contributed by atoms with Gasteiger partial charge >= 0.3 is 0 Å².